The summed E-state index contributed by atoms with van der Waals surface area (Å²) in [5.74, 6) is -0.184. The van der Waals surface area contributed by atoms with Gasteiger partial charge in [0.2, 0.25) is 0 Å². The molecule has 0 aliphatic carbocycles. The Bertz CT molecular complexity index is 1000. The average Bonchev–Trinajstić information content (AvgIpc) is 3.21. The second-order valence-corrected chi connectivity index (χ2v) is 6.13. The fourth-order valence-electron chi connectivity index (χ4n) is 2.88. The smallest absolute Gasteiger partial charge is 0.275 e. The molecular formula is C18H15N3OS. The number of thiazole rings is 1. The predicted octanol–water partition coefficient (Wildman–Crippen LogP) is 4.59. The molecular weight excluding hydrogens is 306 g/mol. The standard InChI is InChI=1S/C18H15N3OS/c1-2-11-4-3-5-14-13-7-6-12(8-15(13)21-17(11)14)20-18(22)16-9-23-10-19-16/h3-10,21H,2H2,1H3,(H,20,22). The van der Waals surface area contributed by atoms with Crippen molar-refractivity contribution >= 4 is 44.7 Å². The van der Waals surface area contributed by atoms with Gasteiger partial charge in [0.15, 0.2) is 0 Å². The summed E-state index contributed by atoms with van der Waals surface area (Å²) in [6.07, 6.45) is 0.984. The van der Waals surface area contributed by atoms with Gasteiger partial charge in [0, 0.05) is 32.9 Å². The van der Waals surface area contributed by atoms with Crippen molar-refractivity contribution in [3.8, 4) is 0 Å². The zero-order valence-corrected chi connectivity index (χ0v) is 13.4. The lowest BCUT2D eigenvalue weighted by molar-refractivity contribution is 0.102. The number of carbonyl (C=O) groups is 1. The SMILES string of the molecule is CCc1cccc2c1[nH]c1cc(NC(=O)c3cscn3)ccc12. The molecule has 23 heavy (non-hydrogen) atoms. The van der Waals surface area contributed by atoms with Gasteiger partial charge in [-0.25, -0.2) is 4.98 Å². The van der Waals surface area contributed by atoms with Gasteiger partial charge < -0.3 is 10.3 Å². The van der Waals surface area contributed by atoms with Gasteiger partial charge >= 0.3 is 0 Å². The van der Waals surface area contributed by atoms with E-state index in [1.165, 1.54) is 33.2 Å². The van der Waals surface area contributed by atoms with Crippen molar-refractivity contribution in [2.75, 3.05) is 5.32 Å². The summed E-state index contributed by atoms with van der Waals surface area (Å²) in [4.78, 5) is 19.6. The van der Waals surface area contributed by atoms with Crippen LogP contribution in [0.15, 0.2) is 47.3 Å². The molecule has 0 aliphatic rings. The number of H-pyrrole nitrogens is 1. The Balaban J connectivity index is 1.76. The van der Waals surface area contributed by atoms with E-state index in [9.17, 15) is 4.79 Å². The lowest BCUT2D eigenvalue weighted by Gasteiger charge is -2.03. The lowest BCUT2D eigenvalue weighted by Crippen LogP contribution is -2.11. The number of hydrogen-bond donors (Lipinski definition) is 2. The maximum atomic E-state index is 12.1. The number of rotatable bonds is 3. The number of aryl methyl sites for hydroxylation is 1. The molecule has 0 atom stereocenters. The van der Waals surface area contributed by atoms with E-state index in [4.69, 9.17) is 0 Å². The number of anilines is 1. The van der Waals surface area contributed by atoms with Crippen LogP contribution >= 0.6 is 11.3 Å². The molecule has 4 aromatic rings. The Morgan fingerprint density at radius 1 is 1.26 bits per heavy atom. The molecule has 114 valence electrons. The summed E-state index contributed by atoms with van der Waals surface area (Å²) >= 11 is 1.41. The van der Waals surface area contributed by atoms with Crippen molar-refractivity contribution in [1.29, 1.82) is 0 Å². The molecule has 0 aliphatic heterocycles. The van der Waals surface area contributed by atoms with Crippen LogP contribution in [0, 0.1) is 0 Å². The van der Waals surface area contributed by atoms with Gasteiger partial charge in [-0.2, -0.15) is 0 Å². The molecule has 4 nitrogen and oxygen atoms in total. The zero-order valence-electron chi connectivity index (χ0n) is 12.6. The van der Waals surface area contributed by atoms with E-state index < -0.39 is 0 Å². The minimum atomic E-state index is -0.184. The van der Waals surface area contributed by atoms with Crippen LogP contribution in [0.1, 0.15) is 23.0 Å². The highest BCUT2D eigenvalue weighted by molar-refractivity contribution is 7.07. The number of aromatic nitrogens is 2. The molecule has 0 fully saturated rings. The topological polar surface area (TPSA) is 57.8 Å². The number of nitrogens with one attached hydrogen (secondary N) is 2. The van der Waals surface area contributed by atoms with E-state index in [1.54, 1.807) is 10.9 Å². The van der Waals surface area contributed by atoms with Crippen LogP contribution in [0.25, 0.3) is 21.8 Å². The van der Waals surface area contributed by atoms with Crippen LogP contribution in [-0.2, 0) is 6.42 Å². The van der Waals surface area contributed by atoms with Gasteiger partial charge in [-0.3, -0.25) is 4.79 Å². The minimum absolute atomic E-state index is 0.184. The summed E-state index contributed by atoms with van der Waals surface area (Å²) in [7, 11) is 0. The molecule has 2 aromatic carbocycles. The first kappa shape index (κ1) is 14.0. The quantitative estimate of drug-likeness (QED) is 0.580. The highest BCUT2D eigenvalue weighted by Crippen LogP contribution is 2.29. The third-order valence-corrected chi connectivity index (χ3v) is 4.61. The number of fused-ring (bicyclic) bond motifs is 3. The zero-order chi connectivity index (χ0) is 15.8. The Morgan fingerprint density at radius 2 is 2.17 bits per heavy atom. The number of aromatic amines is 1. The lowest BCUT2D eigenvalue weighted by atomic mass is 10.1. The fraction of sp³-hybridized carbons (Fsp3) is 0.111. The van der Waals surface area contributed by atoms with Crippen LogP contribution in [0.3, 0.4) is 0 Å². The second-order valence-electron chi connectivity index (χ2n) is 5.41. The largest absolute Gasteiger partial charge is 0.354 e. The number of benzene rings is 2. The molecule has 2 heterocycles. The number of nitrogens with zero attached hydrogens (tertiary/aromatic N) is 1. The predicted molar refractivity (Wildman–Crippen MR) is 95.2 cm³/mol. The normalized spacial score (nSPS) is 11.2. The van der Waals surface area contributed by atoms with Crippen LogP contribution in [0.5, 0.6) is 0 Å². The molecule has 0 saturated carbocycles. The van der Waals surface area contributed by atoms with Crippen LogP contribution in [-0.4, -0.2) is 15.9 Å². The molecule has 2 N–H and O–H groups in total. The molecule has 0 radical (unpaired) electrons. The summed E-state index contributed by atoms with van der Waals surface area (Å²) < 4.78 is 0. The highest BCUT2D eigenvalue weighted by atomic mass is 32.1. The average molecular weight is 321 g/mol. The maximum Gasteiger partial charge on any atom is 0.275 e. The van der Waals surface area contributed by atoms with E-state index in [-0.39, 0.29) is 5.91 Å². The summed E-state index contributed by atoms with van der Waals surface area (Å²) in [6, 6.07) is 12.3. The Hall–Kier alpha value is -2.66. The first-order valence-corrected chi connectivity index (χ1v) is 8.43. The van der Waals surface area contributed by atoms with Crippen molar-refractivity contribution in [2.24, 2.45) is 0 Å². The van der Waals surface area contributed by atoms with Crippen molar-refractivity contribution < 1.29 is 4.79 Å². The van der Waals surface area contributed by atoms with Crippen LogP contribution in [0.4, 0.5) is 5.69 Å². The molecule has 1 amide bonds. The van der Waals surface area contributed by atoms with Gasteiger partial charge in [0.1, 0.15) is 5.69 Å². The number of hydrogen-bond acceptors (Lipinski definition) is 3. The Morgan fingerprint density at radius 3 is 2.96 bits per heavy atom. The molecule has 2 aromatic heterocycles. The third-order valence-electron chi connectivity index (χ3n) is 4.02. The number of amides is 1. The van der Waals surface area contributed by atoms with Gasteiger partial charge in [-0.15, -0.1) is 11.3 Å². The molecule has 0 spiro atoms. The highest BCUT2D eigenvalue weighted by Gasteiger charge is 2.11. The Labute approximate surface area is 137 Å². The minimum Gasteiger partial charge on any atom is -0.354 e. The van der Waals surface area contributed by atoms with Gasteiger partial charge in [0.25, 0.3) is 5.91 Å². The molecule has 5 heteroatoms. The summed E-state index contributed by atoms with van der Waals surface area (Å²) in [5, 5.41) is 7.02. The van der Waals surface area contributed by atoms with E-state index in [0.29, 0.717) is 5.69 Å². The maximum absolute atomic E-state index is 12.1. The molecule has 0 unspecified atom stereocenters. The van der Waals surface area contributed by atoms with E-state index in [0.717, 1.165) is 17.6 Å². The van der Waals surface area contributed by atoms with Crippen molar-refractivity contribution in [3.05, 3.63) is 58.5 Å². The number of carbonyl (C=O) groups excluding carboxylic acids is 1. The van der Waals surface area contributed by atoms with Crippen molar-refractivity contribution in [1.82, 2.24) is 9.97 Å². The van der Waals surface area contributed by atoms with E-state index in [2.05, 4.69) is 40.4 Å². The van der Waals surface area contributed by atoms with Crippen molar-refractivity contribution in [2.45, 2.75) is 13.3 Å². The van der Waals surface area contributed by atoms with Gasteiger partial charge in [-0.05, 0) is 24.1 Å². The first-order valence-electron chi connectivity index (χ1n) is 7.49. The first-order chi connectivity index (χ1) is 11.3. The van der Waals surface area contributed by atoms with E-state index in [1.807, 2.05) is 18.2 Å². The van der Waals surface area contributed by atoms with Gasteiger partial charge in [0.05, 0.1) is 5.51 Å². The van der Waals surface area contributed by atoms with Crippen molar-refractivity contribution in [3.63, 3.8) is 0 Å². The van der Waals surface area contributed by atoms with Crippen LogP contribution < -0.4 is 5.32 Å². The Kier molecular flexibility index (Phi) is 3.35. The third kappa shape index (κ3) is 2.39. The number of para-hydroxylation sites is 1. The fourth-order valence-corrected chi connectivity index (χ4v) is 3.41. The molecule has 4 rings (SSSR count). The molecule has 0 saturated heterocycles. The van der Waals surface area contributed by atoms with E-state index >= 15 is 0 Å². The summed E-state index contributed by atoms with van der Waals surface area (Å²) in [6.45, 7) is 2.15. The second kappa shape index (κ2) is 5.52. The van der Waals surface area contributed by atoms with Gasteiger partial charge in [-0.1, -0.05) is 31.2 Å². The monoisotopic (exact) mass is 321 g/mol. The van der Waals surface area contributed by atoms with Crippen LogP contribution in [0.2, 0.25) is 0 Å². The molecule has 0 bridgehead atoms. The summed E-state index contributed by atoms with van der Waals surface area (Å²) in [5.41, 5.74) is 6.36.